The smallest absolute Gasteiger partial charge is 0.244 e. The molecule has 2 rings (SSSR count). The molecule has 2 aromatic heterocycles. The number of amides is 1. The first-order chi connectivity index (χ1) is 9.37. The number of carbonyl (C=O) groups is 1. The molecule has 2 aromatic rings. The van der Waals surface area contributed by atoms with Gasteiger partial charge in [0, 0.05) is 23.5 Å². The molecule has 0 spiro atoms. The van der Waals surface area contributed by atoms with Gasteiger partial charge in [-0.3, -0.25) is 9.48 Å². The summed E-state index contributed by atoms with van der Waals surface area (Å²) in [5, 5.41) is 4.21. The van der Waals surface area contributed by atoms with E-state index in [1.807, 2.05) is 6.07 Å². The van der Waals surface area contributed by atoms with E-state index >= 15 is 0 Å². The minimum Gasteiger partial charge on any atom is -0.383 e. The van der Waals surface area contributed by atoms with E-state index in [4.69, 9.17) is 11.5 Å². The van der Waals surface area contributed by atoms with Crippen LogP contribution in [0.1, 0.15) is 19.4 Å². The van der Waals surface area contributed by atoms with Crippen molar-refractivity contribution in [3.05, 3.63) is 36.8 Å². The van der Waals surface area contributed by atoms with Crippen LogP contribution in [0.4, 0.5) is 5.82 Å². The van der Waals surface area contributed by atoms with Gasteiger partial charge in [-0.2, -0.15) is 5.10 Å². The Hall–Kier alpha value is -2.63. The van der Waals surface area contributed by atoms with Gasteiger partial charge in [0.25, 0.3) is 0 Å². The summed E-state index contributed by atoms with van der Waals surface area (Å²) in [7, 11) is 0. The third kappa shape index (κ3) is 2.16. The number of hydrogen-bond donors (Lipinski definition) is 2. The van der Waals surface area contributed by atoms with Crippen LogP contribution < -0.4 is 11.5 Å². The van der Waals surface area contributed by atoms with E-state index in [1.165, 1.54) is 4.68 Å². The van der Waals surface area contributed by atoms with Crippen molar-refractivity contribution in [1.29, 1.82) is 0 Å². The zero-order valence-electron chi connectivity index (χ0n) is 11.5. The monoisotopic (exact) mass is 271 g/mol. The van der Waals surface area contributed by atoms with Crippen molar-refractivity contribution in [2.24, 2.45) is 5.73 Å². The van der Waals surface area contributed by atoms with E-state index in [-0.39, 0.29) is 0 Å². The number of nitrogens with zero attached hydrogens (tertiary/aromatic N) is 3. The van der Waals surface area contributed by atoms with Crippen LogP contribution in [0.2, 0.25) is 0 Å². The molecule has 0 fully saturated rings. The minimum absolute atomic E-state index is 0.402. The van der Waals surface area contributed by atoms with E-state index in [9.17, 15) is 4.79 Å². The van der Waals surface area contributed by atoms with Crippen LogP contribution in [0.15, 0.2) is 31.2 Å². The number of primary amides is 1. The largest absolute Gasteiger partial charge is 0.383 e. The lowest BCUT2D eigenvalue weighted by Crippen LogP contribution is -2.41. The molecule has 0 saturated heterocycles. The van der Waals surface area contributed by atoms with E-state index in [1.54, 1.807) is 38.5 Å². The summed E-state index contributed by atoms with van der Waals surface area (Å²) in [5.74, 6) is -0.0512. The van der Waals surface area contributed by atoms with Gasteiger partial charge in [-0.05, 0) is 25.5 Å². The molecule has 20 heavy (non-hydrogen) atoms. The molecule has 0 aliphatic rings. The summed E-state index contributed by atoms with van der Waals surface area (Å²) in [5.41, 5.74) is 12.7. The number of anilines is 1. The van der Waals surface area contributed by atoms with Crippen LogP contribution >= 0.6 is 0 Å². The summed E-state index contributed by atoms with van der Waals surface area (Å²) in [6, 6.07) is 1.83. The van der Waals surface area contributed by atoms with Gasteiger partial charge in [-0.15, -0.1) is 0 Å². The van der Waals surface area contributed by atoms with Gasteiger partial charge in [0.05, 0.1) is 6.20 Å². The Labute approximate surface area is 117 Å². The van der Waals surface area contributed by atoms with Gasteiger partial charge in [0.15, 0.2) is 0 Å². The topological polar surface area (TPSA) is 99.8 Å². The highest BCUT2D eigenvalue weighted by Gasteiger charge is 2.28. The van der Waals surface area contributed by atoms with Gasteiger partial charge in [0.2, 0.25) is 5.91 Å². The Bertz CT molecular complexity index is 672. The predicted molar refractivity (Wildman–Crippen MR) is 78.5 cm³/mol. The fourth-order valence-electron chi connectivity index (χ4n) is 1.84. The Morgan fingerprint density at radius 2 is 2.20 bits per heavy atom. The van der Waals surface area contributed by atoms with Crippen LogP contribution in [0.5, 0.6) is 0 Å². The highest BCUT2D eigenvalue weighted by atomic mass is 16.1. The summed E-state index contributed by atoms with van der Waals surface area (Å²) in [6.07, 6.45) is 6.68. The van der Waals surface area contributed by atoms with Gasteiger partial charge < -0.3 is 11.5 Å². The fourth-order valence-corrected chi connectivity index (χ4v) is 1.84. The molecule has 0 aliphatic carbocycles. The van der Waals surface area contributed by atoms with Crippen molar-refractivity contribution >= 4 is 17.8 Å². The molecule has 0 atom stereocenters. The maximum atomic E-state index is 11.5. The van der Waals surface area contributed by atoms with Crippen molar-refractivity contribution in [1.82, 2.24) is 14.8 Å². The maximum Gasteiger partial charge on any atom is 0.244 e. The molecule has 104 valence electrons. The molecule has 0 unspecified atom stereocenters. The van der Waals surface area contributed by atoms with Gasteiger partial charge in [-0.25, -0.2) is 4.98 Å². The average molecular weight is 271 g/mol. The molecule has 0 bridgehead atoms. The molecule has 1 amide bonds. The van der Waals surface area contributed by atoms with Crippen molar-refractivity contribution in [3.63, 3.8) is 0 Å². The lowest BCUT2D eigenvalue weighted by Gasteiger charge is -2.20. The Kier molecular flexibility index (Phi) is 3.31. The van der Waals surface area contributed by atoms with Crippen molar-refractivity contribution < 1.29 is 4.79 Å². The molecule has 4 N–H and O–H groups in total. The number of carbonyl (C=O) groups excluding carboxylic acids is 1. The first kappa shape index (κ1) is 13.8. The Balaban J connectivity index is 2.52. The number of pyridine rings is 1. The lowest BCUT2D eigenvalue weighted by atomic mass is 10.0. The first-order valence-corrected chi connectivity index (χ1v) is 6.10. The van der Waals surface area contributed by atoms with Crippen molar-refractivity contribution in [3.8, 4) is 11.1 Å². The molecular weight excluding hydrogens is 254 g/mol. The summed E-state index contributed by atoms with van der Waals surface area (Å²) in [6.45, 7) is 7.16. The number of hydrogen-bond acceptors (Lipinski definition) is 4. The van der Waals surface area contributed by atoms with E-state index in [0.717, 1.165) is 16.7 Å². The van der Waals surface area contributed by atoms with Gasteiger partial charge >= 0.3 is 0 Å². The van der Waals surface area contributed by atoms with Gasteiger partial charge in [0.1, 0.15) is 11.4 Å². The summed E-state index contributed by atoms with van der Waals surface area (Å²) >= 11 is 0. The fraction of sp³-hybridized carbons (Fsp3) is 0.214. The second kappa shape index (κ2) is 4.80. The molecule has 0 saturated carbocycles. The highest BCUT2D eigenvalue weighted by molar-refractivity contribution is 5.82. The number of nitrogens with two attached hydrogens (primary N) is 2. The highest BCUT2D eigenvalue weighted by Crippen LogP contribution is 2.28. The van der Waals surface area contributed by atoms with Crippen LogP contribution in [0, 0.1) is 0 Å². The summed E-state index contributed by atoms with van der Waals surface area (Å²) < 4.78 is 1.54. The third-order valence-electron chi connectivity index (χ3n) is 3.29. The second-order valence-electron chi connectivity index (χ2n) is 4.96. The molecule has 0 aromatic carbocycles. The molecule has 6 nitrogen and oxygen atoms in total. The van der Waals surface area contributed by atoms with Crippen LogP contribution in [-0.2, 0) is 10.3 Å². The predicted octanol–water partition coefficient (Wildman–Crippen LogP) is 1.39. The zero-order chi connectivity index (χ0) is 14.9. The molecular formula is C14H17N5O. The van der Waals surface area contributed by atoms with Crippen LogP contribution in [-0.4, -0.2) is 20.7 Å². The standard InChI is InChI=1S/C14H17N5O/c1-4-10-11(5-6-17-12(10)15)9-7-18-19(8-9)14(2,3)13(16)20/h4-8H,1H2,2-3H3,(H2,15,17)(H2,16,20). The average Bonchev–Trinajstić information content (AvgIpc) is 2.88. The van der Waals surface area contributed by atoms with E-state index < -0.39 is 11.4 Å². The van der Waals surface area contributed by atoms with Crippen molar-refractivity contribution in [2.45, 2.75) is 19.4 Å². The molecule has 0 radical (unpaired) electrons. The van der Waals surface area contributed by atoms with E-state index in [2.05, 4.69) is 16.7 Å². The Morgan fingerprint density at radius 1 is 1.50 bits per heavy atom. The molecule has 6 heteroatoms. The van der Waals surface area contributed by atoms with E-state index in [0.29, 0.717) is 5.82 Å². The number of rotatable bonds is 4. The minimum atomic E-state index is -0.898. The van der Waals surface area contributed by atoms with Crippen LogP contribution in [0.3, 0.4) is 0 Å². The quantitative estimate of drug-likeness (QED) is 0.877. The lowest BCUT2D eigenvalue weighted by molar-refractivity contribution is -0.125. The molecule has 2 heterocycles. The third-order valence-corrected chi connectivity index (χ3v) is 3.29. The van der Waals surface area contributed by atoms with Crippen molar-refractivity contribution in [2.75, 3.05) is 5.73 Å². The van der Waals surface area contributed by atoms with Crippen LogP contribution in [0.25, 0.3) is 17.2 Å². The zero-order valence-corrected chi connectivity index (χ0v) is 11.5. The Morgan fingerprint density at radius 3 is 2.80 bits per heavy atom. The molecule has 0 aliphatic heterocycles. The summed E-state index contributed by atoms with van der Waals surface area (Å²) in [4.78, 5) is 15.5. The SMILES string of the molecule is C=Cc1c(-c2cnn(C(C)(C)C(N)=O)c2)ccnc1N. The number of aromatic nitrogens is 3. The maximum absolute atomic E-state index is 11.5. The normalized spacial score (nSPS) is 11.3. The van der Waals surface area contributed by atoms with Gasteiger partial charge in [-0.1, -0.05) is 12.7 Å². The second-order valence-corrected chi connectivity index (χ2v) is 4.96. The first-order valence-electron chi connectivity index (χ1n) is 6.10. The number of nitrogen functional groups attached to an aromatic ring is 1.